The minimum absolute atomic E-state index is 0.0657. The molecule has 0 saturated carbocycles. The van der Waals surface area contributed by atoms with Gasteiger partial charge in [0.15, 0.2) is 0 Å². The van der Waals surface area contributed by atoms with Gasteiger partial charge < -0.3 is 19.5 Å². The zero-order valence-corrected chi connectivity index (χ0v) is 20.5. The summed E-state index contributed by atoms with van der Waals surface area (Å²) in [5.41, 5.74) is 1.52. The normalized spacial score (nSPS) is 18.9. The summed E-state index contributed by atoms with van der Waals surface area (Å²) < 4.78 is 28.6. The Morgan fingerprint density at radius 2 is 2.18 bits per heavy atom. The van der Waals surface area contributed by atoms with Gasteiger partial charge in [0.25, 0.3) is 0 Å². The van der Waals surface area contributed by atoms with Crippen LogP contribution in [0.2, 0.25) is 25.7 Å². The Hall–Kier alpha value is -3.23. The second-order valence-corrected chi connectivity index (χ2v) is 15.3. The van der Waals surface area contributed by atoms with E-state index in [1.165, 1.54) is 0 Å². The van der Waals surface area contributed by atoms with Crippen molar-refractivity contribution in [1.82, 2.24) is 19.4 Å². The number of fused-ring (bicyclic) bond motifs is 3. The summed E-state index contributed by atoms with van der Waals surface area (Å²) in [5.74, 6) is 0.380. The molecular weight excluding hydrogens is 457 g/mol. The van der Waals surface area contributed by atoms with Crippen molar-refractivity contribution in [2.24, 2.45) is 0 Å². The van der Waals surface area contributed by atoms with Gasteiger partial charge in [-0.15, -0.1) is 0 Å². The van der Waals surface area contributed by atoms with Crippen molar-refractivity contribution >= 4 is 36.1 Å². The third-order valence-electron chi connectivity index (χ3n) is 5.95. The molecular formula is C23H28FN5O4Si. The van der Waals surface area contributed by atoms with Crippen molar-refractivity contribution in [2.45, 2.75) is 51.1 Å². The molecule has 3 aromatic rings. The highest BCUT2D eigenvalue weighted by molar-refractivity contribution is 6.76. The lowest BCUT2D eigenvalue weighted by Gasteiger charge is -2.33. The Balaban J connectivity index is 1.72. The van der Waals surface area contributed by atoms with Crippen LogP contribution in [0.1, 0.15) is 12.1 Å². The lowest BCUT2D eigenvalue weighted by molar-refractivity contribution is 0.0237. The van der Waals surface area contributed by atoms with Gasteiger partial charge in [0.2, 0.25) is 0 Å². The Labute approximate surface area is 197 Å². The number of pyridine rings is 2. The first-order valence-corrected chi connectivity index (χ1v) is 14.9. The van der Waals surface area contributed by atoms with Gasteiger partial charge in [0.05, 0.1) is 23.6 Å². The first-order valence-electron chi connectivity index (χ1n) is 11.2. The summed E-state index contributed by atoms with van der Waals surface area (Å²) in [5, 5.41) is 20.0. The Kier molecular flexibility index (Phi) is 6.72. The smallest absolute Gasteiger partial charge is 0.407 e. The van der Waals surface area contributed by atoms with Crippen LogP contribution >= 0.6 is 0 Å². The van der Waals surface area contributed by atoms with E-state index in [0.29, 0.717) is 28.8 Å². The van der Waals surface area contributed by atoms with E-state index in [1.54, 1.807) is 24.5 Å². The molecule has 34 heavy (non-hydrogen) atoms. The van der Waals surface area contributed by atoms with E-state index >= 15 is 0 Å². The molecule has 9 nitrogen and oxygen atoms in total. The zero-order chi connectivity index (χ0) is 24.5. The standard InChI is InChI=1S/C23H28FN5O4Si/c1-34(2,3)9-8-32-14-29-18-12-27-15(11-25)10-16(18)21-19(4-6-26-22(21)29)33-20-13-28(23(30)31)7-5-17(20)24/h4,6,10,12,17,20H,5,7-9,13-14H2,1-3H3,(H,30,31). The van der Waals surface area contributed by atoms with E-state index in [4.69, 9.17) is 9.47 Å². The molecule has 3 aromatic heterocycles. The quantitative estimate of drug-likeness (QED) is 0.393. The molecule has 2 atom stereocenters. The average Bonchev–Trinajstić information content (AvgIpc) is 3.11. The number of ether oxygens (including phenoxy) is 2. The van der Waals surface area contributed by atoms with E-state index in [2.05, 4.69) is 29.6 Å². The van der Waals surface area contributed by atoms with Crippen molar-refractivity contribution in [3.63, 3.8) is 0 Å². The lowest BCUT2D eigenvalue weighted by atomic mass is 10.1. The molecule has 1 aliphatic heterocycles. The average molecular weight is 486 g/mol. The molecule has 11 heteroatoms. The fraction of sp³-hybridized carbons (Fsp3) is 0.478. The van der Waals surface area contributed by atoms with Crippen molar-refractivity contribution in [3.8, 4) is 11.8 Å². The molecule has 180 valence electrons. The molecule has 1 aliphatic rings. The Bertz CT molecular complexity index is 1250. The van der Waals surface area contributed by atoms with Crippen LogP contribution in [-0.2, 0) is 11.5 Å². The fourth-order valence-corrected chi connectivity index (χ4v) is 4.79. The van der Waals surface area contributed by atoms with Gasteiger partial charge in [-0.3, -0.25) is 4.57 Å². The van der Waals surface area contributed by atoms with Crippen LogP contribution in [0, 0.1) is 11.3 Å². The molecule has 0 bridgehead atoms. The maximum absolute atomic E-state index is 14.7. The second kappa shape index (κ2) is 9.56. The minimum Gasteiger partial charge on any atom is -0.485 e. The first kappa shape index (κ1) is 23.9. The van der Waals surface area contributed by atoms with Gasteiger partial charge >= 0.3 is 6.09 Å². The van der Waals surface area contributed by atoms with Crippen LogP contribution in [0.5, 0.6) is 5.75 Å². The first-order chi connectivity index (χ1) is 16.2. The van der Waals surface area contributed by atoms with E-state index < -0.39 is 26.4 Å². The topological polar surface area (TPSA) is 114 Å². The minimum atomic E-state index is -1.30. The van der Waals surface area contributed by atoms with Gasteiger partial charge in [-0.25, -0.2) is 19.2 Å². The third-order valence-corrected chi connectivity index (χ3v) is 7.65. The Morgan fingerprint density at radius 1 is 1.38 bits per heavy atom. The second-order valence-electron chi connectivity index (χ2n) is 9.67. The number of hydrogen-bond acceptors (Lipinski definition) is 6. The number of nitrogens with zero attached hydrogens (tertiary/aromatic N) is 5. The Morgan fingerprint density at radius 3 is 2.88 bits per heavy atom. The number of alkyl halides is 1. The monoisotopic (exact) mass is 485 g/mol. The number of piperidine rings is 1. The number of aromatic nitrogens is 3. The van der Waals surface area contributed by atoms with Gasteiger partial charge in [0.1, 0.15) is 42.2 Å². The largest absolute Gasteiger partial charge is 0.485 e. The summed E-state index contributed by atoms with van der Waals surface area (Å²) in [6.45, 7) is 7.78. The number of hydrogen-bond donors (Lipinski definition) is 1. The molecule has 0 aromatic carbocycles. The highest BCUT2D eigenvalue weighted by Gasteiger charge is 2.34. The van der Waals surface area contributed by atoms with Crippen LogP contribution in [0.3, 0.4) is 0 Å². The summed E-state index contributed by atoms with van der Waals surface area (Å²) in [7, 11) is -1.25. The molecule has 1 amide bonds. The molecule has 4 heterocycles. The molecule has 1 saturated heterocycles. The van der Waals surface area contributed by atoms with Crippen LogP contribution < -0.4 is 4.74 Å². The highest BCUT2D eigenvalue weighted by Crippen LogP contribution is 2.36. The lowest BCUT2D eigenvalue weighted by Crippen LogP contribution is -2.49. The van der Waals surface area contributed by atoms with E-state index in [0.717, 1.165) is 16.5 Å². The summed E-state index contributed by atoms with van der Waals surface area (Å²) in [6.07, 6.45) is -0.102. The van der Waals surface area contributed by atoms with E-state index in [9.17, 15) is 19.6 Å². The van der Waals surface area contributed by atoms with Gasteiger partial charge in [-0.1, -0.05) is 19.6 Å². The van der Waals surface area contributed by atoms with Crippen molar-refractivity contribution in [2.75, 3.05) is 19.7 Å². The van der Waals surface area contributed by atoms with Crippen molar-refractivity contribution in [3.05, 3.63) is 30.2 Å². The molecule has 0 aliphatic carbocycles. The summed E-state index contributed by atoms with van der Waals surface area (Å²) in [4.78, 5) is 21.3. The molecule has 2 unspecified atom stereocenters. The molecule has 1 fully saturated rings. The van der Waals surface area contributed by atoms with Crippen molar-refractivity contribution in [1.29, 1.82) is 5.26 Å². The maximum Gasteiger partial charge on any atom is 0.407 e. The van der Waals surface area contributed by atoms with E-state index in [-0.39, 0.29) is 31.9 Å². The van der Waals surface area contributed by atoms with Gasteiger partial charge in [-0.2, -0.15) is 5.26 Å². The third kappa shape index (κ3) is 4.98. The van der Waals surface area contributed by atoms with Gasteiger partial charge in [-0.05, 0) is 18.2 Å². The highest BCUT2D eigenvalue weighted by atomic mass is 28.3. The number of carbonyl (C=O) groups is 1. The zero-order valence-electron chi connectivity index (χ0n) is 19.5. The van der Waals surface area contributed by atoms with Crippen LogP contribution in [-0.4, -0.2) is 70.7 Å². The molecule has 1 N–H and O–H groups in total. The number of carboxylic acid groups (broad SMARTS) is 1. The predicted octanol–water partition coefficient (Wildman–Crippen LogP) is 4.24. The number of halogens is 1. The van der Waals surface area contributed by atoms with Gasteiger partial charge in [0, 0.05) is 39.2 Å². The van der Waals surface area contributed by atoms with Crippen LogP contribution in [0.25, 0.3) is 21.9 Å². The number of amides is 1. The fourth-order valence-electron chi connectivity index (χ4n) is 4.03. The van der Waals surface area contributed by atoms with E-state index in [1.807, 2.05) is 10.6 Å². The number of nitriles is 1. The molecule has 0 spiro atoms. The number of rotatable bonds is 7. The van der Waals surface area contributed by atoms with Crippen molar-refractivity contribution < 1.29 is 23.8 Å². The predicted molar refractivity (Wildman–Crippen MR) is 127 cm³/mol. The van der Waals surface area contributed by atoms with Crippen LogP contribution in [0.4, 0.5) is 9.18 Å². The summed E-state index contributed by atoms with van der Waals surface area (Å²) in [6, 6.07) is 6.36. The SMILES string of the molecule is C[Si](C)(C)CCOCn1c2cnc(C#N)cc2c2c(OC3CN(C(=O)O)CCC3F)ccnc21. The maximum atomic E-state index is 14.7. The van der Waals surface area contributed by atoms with Crippen LogP contribution in [0.15, 0.2) is 24.5 Å². The summed E-state index contributed by atoms with van der Waals surface area (Å²) >= 11 is 0. The number of likely N-dealkylation sites (tertiary alicyclic amines) is 1. The molecule has 4 rings (SSSR count). The molecule has 0 radical (unpaired) electrons.